The first-order valence-corrected chi connectivity index (χ1v) is 7.63. The molecule has 0 amide bonds. The van der Waals surface area contributed by atoms with Gasteiger partial charge in [-0.1, -0.05) is 0 Å². The van der Waals surface area contributed by atoms with Crippen molar-refractivity contribution in [2.24, 2.45) is 0 Å². The molecule has 1 aromatic heterocycles. The molecule has 24 heavy (non-hydrogen) atoms. The van der Waals surface area contributed by atoms with Crippen LogP contribution in [0.2, 0.25) is 0 Å². The van der Waals surface area contributed by atoms with Gasteiger partial charge >= 0.3 is 5.69 Å². The Bertz CT molecular complexity index is 832. The van der Waals surface area contributed by atoms with Crippen LogP contribution in [0.25, 0.3) is 0 Å². The van der Waals surface area contributed by atoms with Crippen molar-refractivity contribution in [2.45, 2.75) is 25.8 Å². The minimum absolute atomic E-state index is 0.0306. The fourth-order valence-electron chi connectivity index (χ4n) is 3.06. The van der Waals surface area contributed by atoms with E-state index in [-0.39, 0.29) is 23.2 Å². The summed E-state index contributed by atoms with van der Waals surface area (Å²) in [4.78, 5) is 35.9. The van der Waals surface area contributed by atoms with Crippen LogP contribution in [-0.2, 0) is 0 Å². The second kappa shape index (κ2) is 6.26. The number of rotatable bonds is 4. The summed E-state index contributed by atoms with van der Waals surface area (Å²) in [7, 11) is 0. The molecular formula is C15H17N5O4. The summed E-state index contributed by atoms with van der Waals surface area (Å²) in [6.07, 6.45) is 2.85. The molecule has 2 aromatic rings. The van der Waals surface area contributed by atoms with Crippen LogP contribution in [0.3, 0.4) is 0 Å². The average molecular weight is 331 g/mol. The Labute approximate surface area is 137 Å². The van der Waals surface area contributed by atoms with E-state index in [4.69, 9.17) is 0 Å². The molecule has 126 valence electrons. The number of nitrogens with one attached hydrogen (secondary N) is 1. The number of carbonyl (C=O) groups excluding carboxylic acids is 1. The maximum absolute atomic E-state index is 11.6. The van der Waals surface area contributed by atoms with Crippen LogP contribution in [0.4, 0.5) is 11.4 Å². The van der Waals surface area contributed by atoms with E-state index < -0.39 is 4.92 Å². The Morgan fingerprint density at radius 1 is 1.38 bits per heavy atom. The highest BCUT2D eigenvalue weighted by molar-refractivity contribution is 5.95. The van der Waals surface area contributed by atoms with Gasteiger partial charge in [0.2, 0.25) is 0 Å². The normalized spacial score (nSPS) is 15.5. The molecule has 0 atom stereocenters. The van der Waals surface area contributed by atoms with Crippen molar-refractivity contribution in [2.75, 3.05) is 18.0 Å². The SMILES string of the molecule is CC(=O)c1ccc(N2CCC(n3cn[nH]c3=O)CC2)c([N+](=O)[O-])c1. The number of piperidine rings is 1. The van der Waals surface area contributed by atoms with Crippen molar-refractivity contribution >= 4 is 17.2 Å². The number of aromatic nitrogens is 3. The first-order valence-electron chi connectivity index (χ1n) is 7.63. The molecule has 0 bridgehead atoms. The number of anilines is 1. The number of hydrogen-bond donors (Lipinski definition) is 1. The fraction of sp³-hybridized carbons (Fsp3) is 0.400. The number of carbonyl (C=O) groups is 1. The molecule has 0 aliphatic carbocycles. The molecule has 0 spiro atoms. The highest BCUT2D eigenvalue weighted by atomic mass is 16.6. The van der Waals surface area contributed by atoms with Crippen molar-refractivity contribution in [3.05, 3.63) is 50.7 Å². The third kappa shape index (κ3) is 2.92. The monoisotopic (exact) mass is 331 g/mol. The second-order valence-corrected chi connectivity index (χ2v) is 5.80. The van der Waals surface area contributed by atoms with Gasteiger partial charge in [0.25, 0.3) is 5.69 Å². The smallest absolute Gasteiger partial charge is 0.343 e. The lowest BCUT2D eigenvalue weighted by Gasteiger charge is -2.33. The number of nitrogens with zero attached hydrogens (tertiary/aromatic N) is 4. The summed E-state index contributed by atoms with van der Waals surface area (Å²) in [5, 5.41) is 17.4. The van der Waals surface area contributed by atoms with Gasteiger partial charge in [0, 0.05) is 30.8 Å². The molecule has 0 unspecified atom stereocenters. The fourth-order valence-corrected chi connectivity index (χ4v) is 3.06. The number of Topliss-reactive ketones (excluding diaryl/α,β-unsaturated/α-hetero) is 1. The van der Waals surface area contributed by atoms with Crippen molar-refractivity contribution in [1.29, 1.82) is 0 Å². The number of H-pyrrole nitrogens is 1. The number of nitro groups is 1. The van der Waals surface area contributed by atoms with E-state index in [1.807, 2.05) is 4.90 Å². The van der Waals surface area contributed by atoms with E-state index in [0.717, 1.165) is 0 Å². The van der Waals surface area contributed by atoms with Crippen molar-refractivity contribution < 1.29 is 9.72 Å². The lowest BCUT2D eigenvalue weighted by atomic mass is 10.0. The summed E-state index contributed by atoms with van der Waals surface area (Å²) >= 11 is 0. The van der Waals surface area contributed by atoms with Gasteiger partial charge in [0.05, 0.1) is 4.92 Å². The summed E-state index contributed by atoms with van der Waals surface area (Å²) < 4.78 is 1.56. The average Bonchev–Trinajstić information content (AvgIpc) is 3.00. The predicted octanol–water partition coefficient (Wildman–Crippen LogP) is 1.52. The molecule has 1 saturated heterocycles. The van der Waals surface area contributed by atoms with Crippen LogP contribution < -0.4 is 10.6 Å². The summed E-state index contributed by atoms with van der Waals surface area (Å²) in [6, 6.07) is 4.59. The molecule has 1 fully saturated rings. The van der Waals surface area contributed by atoms with Gasteiger partial charge in [0.1, 0.15) is 12.0 Å². The van der Waals surface area contributed by atoms with E-state index >= 15 is 0 Å². The first-order chi connectivity index (χ1) is 11.5. The van der Waals surface area contributed by atoms with Crippen LogP contribution in [0.15, 0.2) is 29.3 Å². The standard InChI is InChI=1S/C15H17N5O4/c1-10(21)11-2-3-13(14(8-11)20(23)24)18-6-4-12(5-7-18)19-9-16-17-15(19)22/h2-3,8-9,12H,4-7H2,1H3,(H,17,22). The van der Waals surface area contributed by atoms with Crippen molar-refractivity contribution in [1.82, 2.24) is 14.8 Å². The van der Waals surface area contributed by atoms with Crippen LogP contribution in [-0.4, -0.2) is 38.6 Å². The molecule has 0 radical (unpaired) electrons. The first kappa shape index (κ1) is 15.9. The molecular weight excluding hydrogens is 314 g/mol. The van der Waals surface area contributed by atoms with Gasteiger partial charge in [-0.3, -0.25) is 19.5 Å². The number of benzene rings is 1. The Hall–Kier alpha value is -2.97. The largest absolute Gasteiger partial charge is 0.366 e. The van der Waals surface area contributed by atoms with Gasteiger partial charge in [-0.05, 0) is 31.9 Å². The number of ketones is 1. The third-order valence-electron chi connectivity index (χ3n) is 4.35. The minimum Gasteiger partial charge on any atom is -0.366 e. The highest BCUT2D eigenvalue weighted by Gasteiger charge is 2.26. The van der Waals surface area contributed by atoms with Crippen molar-refractivity contribution in [3.8, 4) is 0 Å². The van der Waals surface area contributed by atoms with E-state index in [2.05, 4.69) is 10.2 Å². The Morgan fingerprint density at radius 2 is 2.08 bits per heavy atom. The minimum atomic E-state index is -0.464. The van der Waals surface area contributed by atoms with Crippen LogP contribution >= 0.6 is 0 Å². The molecule has 9 heteroatoms. The van der Waals surface area contributed by atoms with E-state index in [0.29, 0.717) is 37.2 Å². The third-order valence-corrected chi connectivity index (χ3v) is 4.35. The Kier molecular flexibility index (Phi) is 4.15. The molecule has 1 aliphatic heterocycles. The molecule has 1 aromatic carbocycles. The van der Waals surface area contributed by atoms with Gasteiger partial charge < -0.3 is 4.90 Å². The Morgan fingerprint density at radius 3 is 2.62 bits per heavy atom. The zero-order valence-electron chi connectivity index (χ0n) is 13.1. The molecule has 3 rings (SSSR count). The molecule has 9 nitrogen and oxygen atoms in total. The van der Waals surface area contributed by atoms with Crippen molar-refractivity contribution in [3.63, 3.8) is 0 Å². The lowest BCUT2D eigenvalue weighted by Crippen LogP contribution is -2.37. The van der Waals surface area contributed by atoms with Gasteiger partial charge in [-0.15, -0.1) is 0 Å². The van der Waals surface area contributed by atoms with E-state index in [1.165, 1.54) is 19.3 Å². The molecule has 2 heterocycles. The van der Waals surface area contributed by atoms with Crippen LogP contribution in [0.1, 0.15) is 36.2 Å². The zero-order chi connectivity index (χ0) is 17.3. The topological polar surface area (TPSA) is 114 Å². The number of hydrogen-bond acceptors (Lipinski definition) is 6. The second-order valence-electron chi connectivity index (χ2n) is 5.80. The van der Waals surface area contributed by atoms with Gasteiger partial charge in [-0.2, -0.15) is 5.10 Å². The summed E-state index contributed by atoms with van der Waals surface area (Å²) in [5.74, 6) is -0.206. The van der Waals surface area contributed by atoms with Gasteiger partial charge in [-0.25, -0.2) is 9.89 Å². The summed E-state index contributed by atoms with van der Waals surface area (Å²) in [6.45, 7) is 2.55. The zero-order valence-corrected chi connectivity index (χ0v) is 13.1. The Balaban J connectivity index is 1.81. The lowest BCUT2D eigenvalue weighted by molar-refractivity contribution is -0.384. The molecule has 0 saturated carbocycles. The predicted molar refractivity (Wildman–Crippen MR) is 86.4 cm³/mol. The van der Waals surface area contributed by atoms with Crippen LogP contribution in [0.5, 0.6) is 0 Å². The maximum atomic E-state index is 11.6. The quantitative estimate of drug-likeness (QED) is 0.516. The van der Waals surface area contributed by atoms with E-state index in [1.54, 1.807) is 16.7 Å². The summed E-state index contributed by atoms with van der Waals surface area (Å²) in [5.41, 5.74) is 0.514. The molecule has 1 N–H and O–H groups in total. The van der Waals surface area contributed by atoms with Crippen LogP contribution in [0, 0.1) is 10.1 Å². The van der Waals surface area contributed by atoms with Gasteiger partial charge in [0.15, 0.2) is 5.78 Å². The highest BCUT2D eigenvalue weighted by Crippen LogP contribution is 2.33. The molecule has 1 aliphatic rings. The van der Waals surface area contributed by atoms with E-state index in [9.17, 15) is 19.7 Å². The number of nitro benzene ring substituents is 1. The number of aromatic amines is 1. The maximum Gasteiger partial charge on any atom is 0.343 e.